The molecular weight excluding hydrogens is 407 g/mol. The average molecular weight is 438 g/mol. The van der Waals surface area contributed by atoms with Gasteiger partial charge < -0.3 is 24.6 Å². The Morgan fingerprint density at radius 2 is 1.94 bits per heavy atom. The molecule has 0 saturated carbocycles. The van der Waals surface area contributed by atoms with Crippen LogP contribution in [0.15, 0.2) is 36.4 Å². The van der Waals surface area contributed by atoms with Gasteiger partial charge in [0.25, 0.3) is 5.91 Å². The molecule has 1 aliphatic heterocycles. The molecule has 8 heteroatoms. The third-order valence-corrected chi connectivity index (χ3v) is 5.57. The van der Waals surface area contributed by atoms with E-state index in [-0.39, 0.29) is 18.4 Å². The van der Waals surface area contributed by atoms with Crippen molar-refractivity contribution in [1.82, 2.24) is 10.2 Å². The van der Waals surface area contributed by atoms with E-state index in [1.54, 1.807) is 19.1 Å². The Morgan fingerprint density at radius 1 is 1.22 bits per heavy atom. The topological polar surface area (TPSA) is 88.1 Å². The highest BCUT2D eigenvalue weighted by atomic mass is 16.5. The highest BCUT2D eigenvalue weighted by Crippen LogP contribution is 2.17. The molecule has 3 rings (SSSR count). The molecule has 7 nitrogen and oxygen atoms in total. The fourth-order valence-electron chi connectivity index (χ4n) is 3.90. The Balaban J connectivity index is 1.67. The minimum atomic E-state index is -1.04. The van der Waals surface area contributed by atoms with E-state index in [0.717, 1.165) is 23.2 Å². The lowest BCUT2D eigenvalue weighted by atomic mass is 9.75. The van der Waals surface area contributed by atoms with Crippen LogP contribution in [0.2, 0.25) is 0 Å². The largest absolute Gasteiger partial charge is 0.492 e. The maximum atomic E-state index is 13.0. The van der Waals surface area contributed by atoms with Crippen LogP contribution < -0.4 is 10.8 Å². The number of hydrogen-bond acceptors (Lipinski definition) is 6. The SMILES string of the molecule is Cc1c(C(=O)NC(C(=O)OCc2cccc(CN(C)C)c2)C(C)C)ccc2c1B(O)OC2. The van der Waals surface area contributed by atoms with E-state index in [2.05, 4.69) is 10.2 Å². The summed E-state index contributed by atoms with van der Waals surface area (Å²) in [6, 6.07) is 10.6. The second kappa shape index (κ2) is 10.3. The number of benzene rings is 2. The second-order valence-corrected chi connectivity index (χ2v) is 8.83. The number of carbonyl (C=O) groups excluding carboxylic acids is 2. The predicted octanol–water partition coefficient (Wildman–Crippen LogP) is 1.77. The van der Waals surface area contributed by atoms with Crippen LogP contribution in [0.3, 0.4) is 0 Å². The zero-order valence-electron chi connectivity index (χ0n) is 19.3. The molecule has 0 aliphatic carbocycles. The van der Waals surface area contributed by atoms with E-state index in [1.165, 1.54) is 0 Å². The molecule has 170 valence electrons. The average Bonchev–Trinajstić information content (AvgIpc) is 3.11. The fourth-order valence-corrected chi connectivity index (χ4v) is 3.90. The van der Waals surface area contributed by atoms with E-state index in [4.69, 9.17) is 9.39 Å². The van der Waals surface area contributed by atoms with Crippen molar-refractivity contribution < 1.29 is 24.0 Å². The van der Waals surface area contributed by atoms with Crippen molar-refractivity contribution in [1.29, 1.82) is 0 Å². The Kier molecular flexibility index (Phi) is 7.71. The first kappa shape index (κ1) is 24.0. The molecule has 1 aliphatic rings. The van der Waals surface area contributed by atoms with Crippen molar-refractivity contribution in [3.05, 3.63) is 64.2 Å². The van der Waals surface area contributed by atoms with E-state index in [1.807, 2.05) is 52.2 Å². The predicted molar refractivity (Wildman–Crippen MR) is 123 cm³/mol. The van der Waals surface area contributed by atoms with Gasteiger partial charge >= 0.3 is 13.1 Å². The first-order valence-corrected chi connectivity index (χ1v) is 10.8. The molecule has 1 unspecified atom stereocenters. The number of ether oxygens (including phenoxy) is 1. The smallest absolute Gasteiger partial charge is 0.459 e. The summed E-state index contributed by atoms with van der Waals surface area (Å²) in [5.41, 5.74) is 4.58. The highest BCUT2D eigenvalue weighted by molar-refractivity contribution is 6.62. The molecule has 0 spiro atoms. The molecule has 0 saturated heterocycles. The van der Waals surface area contributed by atoms with E-state index >= 15 is 0 Å². The third kappa shape index (κ3) is 5.57. The lowest BCUT2D eigenvalue weighted by Gasteiger charge is -2.22. The summed E-state index contributed by atoms with van der Waals surface area (Å²) in [6.07, 6.45) is 0. The molecule has 2 aromatic rings. The van der Waals surface area contributed by atoms with Crippen molar-refractivity contribution in [2.75, 3.05) is 14.1 Å². The summed E-state index contributed by atoms with van der Waals surface area (Å²) in [5.74, 6) is -1.02. The van der Waals surface area contributed by atoms with Crippen molar-refractivity contribution >= 4 is 24.5 Å². The van der Waals surface area contributed by atoms with Crippen LogP contribution >= 0.6 is 0 Å². The Hall–Kier alpha value is -2.68. The minimum absolute atomic E-state index is 0.139. The van der Waals surface area contributed by atoms with Crippen LogP contribution in [0.1, 0.15) is 46.5 Å². The van der Waals surface area contributed by atoms with Crippen molar-refractivity contribution in [3.8, 4) is 0 Å². The van der Waals surface area contributed by atoms with Crippen molar-refractivity contribution in [2.45, 2.75) is 46.6 Å². The third-order valence-electron chi connectivity index (χ3n) is 5.57. The lowest BCUT2D eigenvalue weighted by Crippen LogP contribution is -2.46. The summed E-state index contributed by atoms with van der Waals surface area (Å²) < 4.78 is 10.8. The number of carbonyl (C=O) groups is 2. The molecule has 1 amide bonds. The molecule has 0 bridgehead atoms. The standard InChI is InChI=1S/C24H31BN2O5/c1-15(2)22(24(29)31-13-18-8-6-7-17(11-18)12-27(4)5)26-23(28)20-10-9-19-14-32-25(30)21(19)16(20)3/h6-11,15,22,30H,12-14H2,1-5H3,(H,26,28). The molecule has 1 atom stereocenters. The number of amides is 1. The van der Waals surface area contributed by atoms with Crippen LogP contribution in [0.25, 0.3) is 0 Å². The van der Waals surface area contributed by atoms with Crippen molar-refractivity contribution in [3.63, 3.8) is 0 Å². The van der Waals surface area contributed by atoms with Gasteiger partial charge in [-0.05, 0) is 60.7 Å². The zero-order valence-corrected chi connectivity index (χ0v) is 19.3. The van der Waals surface area contributed by atoms with Gasteiger partial charge in [0.1, 0.15) is 12.6 Å². The van der Waals surface area contributed by atoms with Gasteiger partial charge in [0.15, 0.2) is 0 Å². The first-order valence-electron chi connectivity index (χ1n) is 10.8. The Morgan fingerprint density at radius 3 is 2.62 bits per heavy atom. The van der Waals surface area contributed by atoms with Crippen LogP contribution in [0, 0.1) is 12.8 Å². The van der Waals surface area contributed by atoms with Crippen molar-refractivity contribution in [2.24, 2.45) is 5.92 Å². The van der Waals surface area contributed by atoms with Gasteiger partial charge in [-0.3, -0.25) is 4.79 Å². The molecule has 2 N–H and O–H groups in total. The molecule has 2 aromatic carbocycles. The number of nitrogens with zero attached hydrogens (tertiary/aromatic N) is 1. The van der Waals surface area contributed by atoms with Gasteiger partial charge in [-0.25, -0.2) is 4.79 Å². The van der Waals surface area contributed by atoms with Gasteiger partial charge in [0.05, 0.1) is 6.61 Å². The van der Waals surface area contributed by atoms with E-state index in [9.17, 15) is 14.6 Å². The van der Waals surface area contributed by atoms with Crippen LogP contribution in [-0.2, 0) is 33.9 Å². The first-order chi connectivity index (χ1) is 15.2. The maximum Gasteiger partial charge on any atom is 0.492 e. The summed E-state index contributed by atoms with van der Waals surface area (Å²) in [5, 5.41) is 12.9. The number of fused-ring (bicyclic) bond motifs is 1. The van der Waals surface area contributed by atoms with Crippen LogP contribution in [0.5, 0.6) is 0 Å². The second-order valence-electron chi connectivity index (χ2n) is 8.83. The Labute approximate surface area is 189 Å². The van der Waals surface area contributed by atoms with Gasteiger partial charge in [-0.1, -0.05) is 44.2 Å². The molecule has 0 fully saturated rings. The maximum absolute atomic E-state index is 13.0. The van der Waals surface area contributed by atoms with Crippen LogP contribution in [-0.4, -0.2) is 49.1 Å². The number of nitrogens with one attached hydrogen (secondary N) is 1. The number of hydrogen-bond donors (Lipinski definition) is 2. The summed E-state index contributed by atoms with van der Waals surface area (Å²) in [7, 11) is 2.96. The molecule has 0 aromatic heterocycles. The fraction of sp³-hybridized carbons (Fsp3) is 0.417. The van der Waals surface area contributed by atoms with Gasteiger partial charge in [-0.2, -0.15) is 0 Å². The summed E-state index contributed by atoms with van der Waals surface area (Å²) >= 11 is 0. The molecular formula is C24H31BN2O5. The monoisotopic (exact) mass is 438 g/mol. The summed E-state index contributed by atoms with van der Waals surface area (Å²) in [6.45, 7) is 6.74. The van der Waals surface area contributed by atoms with E-state index in [0.29, 0.717) is 23.2 Å². The highest BCUT2D eigenvalue weighted by Gasteiger charge is 2.32. The normalized spacial score (nSPS) is 13.9. The number of rotatable bonds is 8. The van der Waals surface area contributed by atoms with Crippen LogP contribution in [0.4, 0.5) is 0 Å². The lowest BCUT2D eigenvalue weighted by molar-refractivity contribution is -0.148. The number of esters is 1. The van der Waals surface area contributed by atoms with Gasteiger partial charge in [0, 0.05) is 12.1 Å². The molecule has 1 heterocycles. The Bertz CT molecular complexity index is 992. The quantitative estimate of drug-likeness (QED) is 0.483. The minimum Gasteiger partial charge on any atom is -0.459 e. The van der Waals surface area contributed by atoms with E-state index < -0.39 is 19.1 Å². The van der Waals surface area contributed by atoms with Gasteiger partial charge in [0.2, 0.25) is 0 Å². The molecule has 0 radical (unpaired) electrons. The van der Waals surface area contributed by atoms with Gasteiger partial charge in [-0.15, -0.1) is 0 Å². The molecule has 32 heavy (non-hydrogen) atoms. The summed E-state index contributed by atoms with van der Waals surface area (Å²) in [4.78, 5) is 27.8. The zero-order chi connectivity index (χ0) is 23.4.